The molecule has 0 aliphatic carbocycles. The number of carboxylic acid groups (broad SMARTS) is 1. The first-order valence-corrected chi connectivity index (χ1v) is 20.5. The van der Waals surface area contributed by atoms with Gasteiger partial charge in [-0.2, -0.15) is 0 Å². The number of pyridine rings is 1. The fourth-order valence-corrected chi connectivity index (χ4v) is 8.08. The Labute approximate surface area is 358 Å². The lowest BCUT2D eigenvalue weighted by Crippen LogP contribution is -2.54. The van der Waals surface area contributed by atoms with Crippen LogP contribution in [0.4, 0.5) is 0 Å². The number of aliphatic carboxylic acids is 1. The van der Waals surface area contributed by atoms with Crippen LogP contribution >= 0.6 is 23.2 Å². The van der Waals surface area contributed by atoms with Crippen LogP contribution in [0.3, 0.4) is 0 Å². The Morgan fingerprint density at radius 3 is 2.38 bits per heavy atom. The van der Waals surface area contributed by atoms with E-state index in [-0.39, 0.29) is 18.4 Å². The van der Waals surface area contributed by atoms with Gasteiger partial charge in [-0.15, -0.1) is 0 Å². The quantitative estimate of drug-likeness (QED) is 0.123. The van der Waals surface area contributed by atoms with Gasteiger partial charge in [-0.25, -0.2) is 9.78 Å². The molecule has 0 unspecified atom stereocenters. The van der Waals surface area contributed by atoms with Crippen molar-refractivity contribution in [3.8, 4) is 28.4 Å². The van der Waals surface area contributed by atoms with Crippen molar-refractivity contribution < 1.29 is 33.3 Å². The van der Waals surface area contributed by atoms with Crippen molar-refractivity contribution in [2.45, 2.75) is 78.4 Å². The van der Waals surface area contributed by atoms with E-state index < -0.39 is 18.1 Å². The van der Waals surface area contributed by atoms with Gasteiger partial charge >= 0.3 is 5.97 Å². The third-order valence-electron chi connectivity index (χ3n) is 11.2. The highest BCUT2D eigenvalue weighted by atomic mass is 35.5. The zero-order chi connectivity index (χ0) is 42.1. The Morgan fingerprint density at radius 2 is 1.67 bits per heavy atom. The Morgan fingerprint density at radius 1 is 0.917 bits per heavy atom. The normalized spacial score (nSPS) is 16.5. The molecule has 308 valence electrons. The van der Waals surface area contributed by atoms with E-state index in [1.165, 1.54) is 0 Å². The summed E-state index contributed by atoms with van der Waals surface area (Å²) in [6, 6.07) is 24.9. The summed E-state index contributed by atoms with van der Waals surface area (Å²) in [6.45, 7) is 8.98. The topological polar surface area (TPSA) is 136 Å². The number of hydrogen-bond donors (Lipinski definition) is 2. The van der Waals surface area contributed by atoms with Crippen molar-refractivity contribution in [2.75, 3.05) is 6.61 Å². The van der Waals surface area contributed by atoms with Gasteiger partial charge in [0.15, 0.2) is 23.5 Å². The summed E-state index contributed by atoms with van der Waals surface area (Å²) in [5.74, 6) is 1.59. The molecule has 0 saturated heterocycles. The number of aryl methyl sites for hydroxylation is 3. The van der Waals surface area contributed by atoms with Gasteiger partial charge in [-0.05, 0) is 114 Å². The van der Waals surface area contributed by atoms with E-state index in [0.29, 0.717) is 77.4 Å². The van der Waals surface area contributed by atoms with Crippen molar-refractivity contribution in [1.29, 1.82) is 0 Å². The molecule has 6 aromatic rings. The molecule has 0 spiro atoms. The minimum Gasteiger partial charge on any atom is -0.489 e. The lowest BCUT2D eigenvalue weighted by molar-refractivity contribution is -0.142. The Balaban J connectivity index is 0.973. The number of amides is 1. The van der Waals surface area contributed by atoms with E-state index in [2.05, 4.69) is 15.3 Å². The van der Waals surface area contributed by atoms with Gasteiger partial charge < -0.3 is 29.1 Å². The average Bonchev–Trinajstić information content (AvgIpc) is 3.56. The minimum absolute atomic E-state index is 0.120. The van der Waals surface area contributed by atoms with E-state index >= 15 is 0 Å². The Kier molecular flexibility index (Phi) is 11.8. The van der Waals surface area contributed by atoms with Crippen LogP contribution in [0, 0.1) is 27.7 Å². The third-order valence-corrected chi connectivity index (χ3v) is 12.0. The monoisotopic (exact) mass is 846 g/mol. The molecule has 13 heteroatoms. The molecule has 1 amide bonds. The van der Waals surface area contributed by atoms with Crippen LogP contribution in [0.15, 0.2) is 95.5 Å². The number of hydrogen-bond acceptors (Lipinski definition) is 9. The molecule has 4 aromatic carbocycles. The van der Waals surface area contributed by atoms with E-state index in [1.807, 2.05) is 98.5 Å². The average molecular weight is 848 g/mol. The smallest absolute Gasteiger partial charge is 0.326 e. The van der Waals surface area contributed by atoms with E-state index in [1.54, 1.807) is 25.3 Å². The maximum Gasteiger partial charge on any atom is 0.326 e. The Hall–Kier alpha value is -5.88. The molecule has 4 heterocycles. The van der Waals surface area contributed by atoms with E-state index in [4.69, 9.17) is 41.8 Å². The Bertz CT molecular complexity index is 2560. The molecular formula is C47H44Cl2N4O7. The molecule has 3 atom stereocenters. The lowest BCUT2D eigenvalue weighted by Gasteiger charge is -2.37. The molecule has 0 radical (unpaired) electrons. The summed E-state index contributed by atoms with van der Waals surface area (Å²) in [6.07, 6.45) is 1.87. The first kappa shape index (κ1) is 40.9. The van der Waals surface area contributed by atoms with Gasteiger partial charge in [0.05, 0.1) is 21.8 Å². The third kappa shape index (κ3) is 8.99. The number of halogens is 2. The number of nitrogens with zero attached hydrogens (tertiary/aromatic N) is 3. The van der Waals surface area contributed by atoms with Crippen molar-refractivity contribution >= 4 is 35.1 Å². The number of carboxylic acids is 1. The summed E-state index contributed by atoms with van der Waals surface area (Å²) in [5, 5.41) is 14.2. The van der Waals surface area contributed by atoms with Crippen molar-refractivity contribution in [3.63, 3.8) is 0 Å². The standard InChI is InChI=1S/C47H44Cl2N4O7/c1-26-27(2)50-16-15-37(26)32-8-5-30(6-9-32)18-40(47(55)56)52-46(54)42-19-34-20-43-44(21-35(34)22-53(42)23-41-28(3)59-29(4)51-41)60-45(25-58-43)33-10-12-36(13-11-33)57-24-31-7-14-38(48)39(49)17-31/h5-17,20-21,40,42,45H,18-19,22-25H2,1-4H3,(H,52,54)(H,55,56)/t40-,42-,45+/m0/s1. The number of nitrogens with one attached hydrogen (secondary N) is 1. The lowest BCUT2D eigenvalue weighted by atomic mass is 9.91. The molecule has 0 bridgehead atoms. The highest BCUT2D eigenvalue weighted by molar-refractivity contribution is 6.42. The van der Waals surface area contributed by atoms with Gasteiger partial charge in [-0.3, -0.25) is 14.7 Å². The molecule has 8 rings (SSSR count). The molecule has 2 aliphatic heterocycles. The second-order valence-corrected chi connectivity index (χ2v) is 16.1. The molecular weight excluding hydrogens is 803 g/mol. The second-order valence-electron chi connectivity index (χ2n) is 15.3. The van der Waals surface area contributed by atoms with Crippen LogP contribution in [0.25, 0.3) is 11.1 Å². The summed E-state index contributed by atoms with van der Waals surface area (Å²) in [5.41, 5.74) is 9.36. The highest BCUT2D eigenvalue weighted by Crippen LogP contribution is 2.41. The van der Waals surface area contributed by atoms with Gasteiger partial charge in [0.25, 0.3) is 0 Å². The number of oxazole rings is 1. The van der Waals surface area contributed by atoms with Gasteiger partial charge in [-0.1, -0.05) is 65.7 Å². The SMILES string of the molecule is Cc1nc(CN2Cc3cc4c(cc3C[C@H]2C(=O)N[C@@H](Cc2ccc(-c3ccnc(C)c3C)cc2)C(=O)O)OC[C@H](c2ccc(OCc3ccc(Cl)c(Cl)c3)cc2)O4)c(C)o1. The van der Waals surface area contributed by atoms with Crippen LogP contribution in [0.2, 0.25) is 10.0 Å². The van der Waals surface area contributed by atoms with Crippen LogP contribution in [0.1, 0.15) is 62.5 Å². The number of carbonyl (C=O) groups is 2. The maximum atomic E-state index is 14.2. The maximum absolute atomic E-state index is 14.2. The summed E-state index contributed by atoms with van der Waals surface area (Å²) in [4.78, 5) is 37.8. The van der Waals surface area contributed by atoms with Crippen molar-refractivity contribution in [1.82, 2.24) is 20.2 Å². The predicted molar refractivity (Wildman–Crippen MR) is 228 cm³/mol. The molecule has 11 nitrogen and oxygen atoms in total. The van der Waals surface area contributed by atoms with Gasteiger partial charge in [0.1, 0.15) is 30.8 Å². The molecule has 60 heavy (non-hydrogen) atoms. The minimum atomic E-state index is -1.15. The molecule has 2 aliphatic rings. The molecule has 0 fully saturated rings. The number of ether oxygens (including phenoxy) is 3. The van der Waals surface area contributed by atoms with Crippen LogP contribution in [-0.4, -0.2) is 50.5 Å². The second kappa shape index (κ2) is 17.4. The largest absolute Gasteiger partial charge is 0.489 e. The summed E-state index contributed by atoms with van der Waals surface area (Å²) in [7, 11) is 0. The van der Waals surface area contributed by atoms with Crippen LogP contribution < -0.4 is 19.5 Å². The van der Waals surface area contributed by atoms with Crippen molar-refractivity contribution in [2.24, 2.45) is 0 Å². The number of aromatic nitrogens is 2. The highest BCUT2D eigenvalue weighted by Gasteiger charge is 2.36. The van der Waals surface area contributed by atoms with E-state index in [0.717, 1.165) is 50.2 Å². The van der Waals surface area contributed by atoms with E-state index in [9.17, 15) is 14.7 Å². The summed E-state index contributed by atoms with van der Waals surface area (Å²) >= 11 is 12.2. The first-order valence-electron chi connectivity index (χ1n) is 19.7. The van der Waals surface area contributed by atoms with Gasteiger partial charge in [0.2, 0.25) is 5.91 Å². The number of benzene rings is 4. The fourth-order valence-electron chi connectivity index (χ4n) is 7.76. The first-order chi connectivity index (χ1) is 28.9. The molecule has 2 N–H and O–H groups in total. The van der Waals surface area contributed by atoms with Gasteiger partial charge in [0, 0.05) is 38.3 Å². The number of fused-ring (bicyclic) bond motifs is 2. The van der Waals surface area contributed by atoms with Crippen molar-refractivity contribution in [3.05, 3.63) is 158 Å². The van der Waals surface area contributed by atoms with Crippen LogP contribution in [-0.2, 0) is 42.1 Å². The number of carbonyl (C=O) groups excluding carboxylic acids is 1. The zero-order valence-electron chi connectivity index (χ0n) is 33.6. The van der Waals surface area contributed by atoms with Crippen LogP contribution in [0.5, 0.6) is 17.2 Å². The summed E-state index contributed by atoms with van der Waals surface area (Å²) < 4.78 is 24.5. The fraction of sp³-hybridized carbons (Fsp3) is 0.277. The zero-order valence-corrected chi connectivity index (χ0v) is 35.1. The number of rotatable bonds is 12. The molecule has 2 aromatic heterocycles. The predicted octanol–water partition coefficient (Wildman–Crippen LogP) is 9.11. The molecule has 0 saturated carbocycles.